The third-order valence-corrected chi connectivity index (χ3v) is 3.66. The van der Waals surface area contributed by atoms with Gasteiger partial charge in [-0.1, -0.05) is 36.4 Å². The third-order valence-electron chi connectivity index (χ3n) is 3.66. The van der Waals surface area contributed by atoms with Gasteiger partial charge in [-0.2, -0.15) is 0 Å². The van der Waals surface area contributed by atoms with Gasteiger partial charge in [-0.3, -0.25) is 0 Å². The van der Waals surface area contributed by atoms with Gasteiger partial charge >= 0.3 is 0 Å². The highest BCUT2D eigenvalue weighted by Crippen LogP contribution is 2.36. The number of hydrogen-bond acceptors (Lipinski definition) is 2. The Balaban J connectivity index is 2.00. The summed E-state index contributed by atoms with van der Waals surface area (Å²) in [4.78, 5) is 4.68. The summed E-state index contributed by atoms with van der Waals surface area (Å²) in [5, 5.41) is 0. The summed E-state index contributed by atoms with van der Waals surface area (Å²) in [6, 6.07) is 17.5. The molecule has 0 radical (unpaired) electrons. The molecule has 0 fully saturated rings. The smallest absolute Gasteiger partial charge is 0.0456 e. The Morgan fingerprint density at radius 3 is 2.42 bits per heavy atom. The Kier molecular flexibility index (Phi) is 3.26. The summed E-state index contributed by atoms with van der Waals surface area (Å²) in [5.41, 5.74) is 5.57. The van der Waals surface area contributed by atoms with Crippen molar-refractivity contribution in [3.63, 3.8) is 0 Å². The van der Waals surface area contributed by atoms with Crippen LogP contribution in [0.25, 0.3) is 0 Å². The molecule has 0 atom stereocenters. The summed E-state index contributed by atoms with van der Waals surface area (Å²) >= 11 is 0. The molecule has 0 unspecified atom stereocenters. The van der Waals surface area contributed by atoms with E-state index in [-0.39, 0.29) is 0 Å². The molecule has 0 bridgehead atoms. The van der Waals surface area contributed by atoms with Crippen LogP contribution < -0.4 is 4.90 Å². The third kappa shape index (κ3) is 2.36. The number of fused-ring (bicyclic) bond motifs is 1. The molecule has 0 saturated heterocycles. The lowest BCUT2D eigenvalue weighted by Gasteiger charge is -2.24. The predicted octanol–water partition coefficient (Wildman–Crippen LogP) is 3.44. The van der Waals surface area contributed by atoms with E-state index in [9.17, 15) is 0 Å². The van der Waals surface area contributed by atoms with Crippen LogP contribution in [-0.4, -0.2) is 25.5 Å². The minimum atomic E-state index is 0.981. The maximum absolute atomic E-state index is 2.45. The van der Waals surface area contributed by atoms with Gasteiger partial charge in [0.25, 0.3) is 0 Å². The van der Waals surface area contributed by atoms with Crippen LogP contribution in [0.5, 0.6) is 0 Å². The van der Waals surface area contributed by atoms with Crippen molar-refractivity contribution in [1.29, 1.82) is 0 Å². The largest absolute Gasteiger partial charge is 0.341 e. The number of benzene rings is 2. The topological polar surface area (TPSA) is 6.48 Å². The van der Waals surface area contributed by atoms with Crippen molar-refractivity contribution in [2.45, 2.75) is 13.0 Å². The molecule has 0 saturated carbocycles. The fourth-order valence-electron chi connectivity index (χ4n) is 2.84. The summed E-state index contributed by atoms with van der Waals surface area (Å²) in [7, 11) is 4.24. The second-order valence-electron chi connectivity index (χ2n) is 5.40. The van der Waals surface area contributed by atoms with Gasteiger partial charge < -0.3 is 9.80 Å². The van der Waals surface area contributed by atoms with E-state index in [2.05, 4.69) is 72.4 Å². The average Bonchev–Trinajstić information content (AvgIpc) is 2.82. The van der Waals surface area contributed by atoms with E-state index in [1.807, 2.05) is 0 Å². The maximum Gasteiger partial charge on any atom is 0.0456 e. The first-order chi connectivity index (χ1) is 9.25. The molecule has 3 rings (SSSR count). The van der Waals surface area contributed by atoms with Gasteiger partial charge in [-0.15, -0.1) is 0 Å². The second-order valence-corrected chi connectivity index (χ2v) is 5.40. The SMILES string of the molecule is CN(C)Cc1ccccc1N1CCc2ccccc21. The van der Waals surface area contributed by atoms with Crippen LogP contribution in [0.15, 0.2) is 48.5 Å². The van der Waals surface area contributed by atoms with Crippen LogP contribution in [0.2, 0.25) is 0 Å². The van der Waals surface area contributed by atoms with Gasteiger partial charge in [0.05, 0.1) is 0 Å². The van der Waals surface area contributed by atoms with Crippen molar-refractivity contribution in [3.05, 3.63) is 59.7 Å². The van der Waals surface area contributed by atoms with E-state index in [0.29, 0.717) is 0 Å². The molecule has 0 N–H and O–H groups in total. The standard InChI is InChI=1S/C17H20N2/c1-18(2)13-15-8-4-6-10-17(15)19-12-11-14-7-3-5-9-16(14)19/h3-10H,11-13H2,1-2H3. The van der Waals surface area contributed by atoms with Crippen molar-refractivity contribution in [1.82, 2.24) is 4.90 Å². The fraction of sp³-hybridized carbons (Fsp3) is 0.294. The number of nitrogens with zero attached hydrogens (tertiary/aromatic N) is 2. The van der Waals surface area contributed by atoms with E-state index >= 15 is 0 Å². The molecule has 0 aliphatic carbocycles. The lowest BCUT2D eigenvalue weighted by molar-refractivity contribution is 0.403. The fourth-order valence-corrected chi connectivity index (χ4v) is 2.84. The molecular weight excluding hydrogens is 232 g/mol. The zero-order valence-electron chi connectivity index (χ0n) is 11.6. The van der Waals surface area contributed by atoms with Gasteiger partial charge in [0.1, 0.15) is 0 Å². The summed E-state index contributed by atoms with van der Waals surface area (Å²) in [5.74, 6) is 0. The number of para-hydroxylation sites is 2. The first kappa shape index (κ1) is 12.2. The van der Waals surface area contributed by atoms with Crippen LogP contribution in [0.1, 0.15) is 11.1 Å². The predicted molar refractivity (Wildman–Crippen MR) is 81.0 cm³/mol. The molecule has 19 heavy (non-hydrogen) atoms. The Hall–Kier alpha value is -1.80. The lowest BCUT2D eigenvalue weighted by atomic mass is 10.1. The monoisotopic (exact) mass is 252 g/mol. The molecule has 2 heteroatoms. The first-order valence-corrected chi connectivity index (χ1v) is 6.84. The van der Waals surface area contributed by atoms with Gasteiger partial charge in [-0.25, -0.2) is 0 Å². The molecule has 1 aliphatic heterocycles. The summed E-state index contributed by atoms with van der Waals surface area (Å²) < 4.78 is 0. The van der Waals surface area contributed by atoms with Crippen molar-refractivity contribution in [3.8, 4) is 0 Å². The van der Waals surface area contributed by atoms with E-state index in [0.717, 1.165) is 19.5 Å². The Bertz CT molecular complexity index is 575. The Morgan fingerprint density at radius 2 is 1.63 bits per heavy atom. The molecule has 0 aromatic heterocycles. The number of hydrogen-bond donors (Lipinski definition) is 0. The van der Waals surface area contributed by atoms with E-state index in [4.69, 9.17) is 0 Å². The van der Waals surface area contributed by atoms with Crippen molar-refractivity contribution in [2.24, 2.45) is 0 Å². The quantitative estimate of drug-likeness (QED) is 0.825. The highest BCUT2D eigenvalue weighted by molar-refractivity contribution is 5.71. The van der Waals surface area contributed by atoms with Crippen LogP contribution in [0.4, 0.5) is 11.4 Å². The molecule has 2 aromatic carbocycles. The van der Waals surface area contributed by atoms with E-state index in [1.54, 1.807) is 0 Å². The second kappa shape index (κ2) is 5.06. The molecule has 2 nitrogen and oxygen atoms in total. The molecule has 98 valence electrons. The van der Waals surface area contributed by atoms with Gasteiger partial charge in [0, 0.05) is 24.5 Å². The normalized spacial score (nSPS) is 13.9. The van der Waals surface area contributed by atoms with Crippen molar-refractivity contribution < 1.29 is 0 Å². The molecule has 1 aliphatic rings. The molecule has 0 amide bonds. The summed E-state index contributed by atoms with van der Waals surface area (Å²) in [6.07, 6.45) is 1.15. The molecule has 2 aromatic rings. The molecule has 0 spiro atoms. The average molecular weight is 252 g/mol. The Labute approximate surface area is 115 Å². The highest BCUT2D eigenvalue weighted by Gasteiger charge is 2.21. The minimum Gasteiger partial charge on any atom is -0.341 e. The van der Waals surface area contributed by atoms with E-state index in [1.165, 1.54) is 22.5 Å². The van der Waals surface area contributed by atoms with Crippen LogP contribution in [-0.2, 0) is 13.0 Å². The molecular formula is C17H20N2. The van der Waals surface area contributed by atoms with Crippen LogP contribution in [0.3, 0.4) is 0 Å². The summed E-state index contributed by atoms with van der Waals surface area (Å²) in [6.45, 7) is 2.07. The first-order valence-electron chi connectivity index (χ1n) is 6.84. The zero-order valence-corrected chi connectivity index (χ0v) is 11.6. The molecule has 1 heterocycles. The van der Waals surface area contributed by atoms with Gasteiger partial charge in [0.15, 0.2) is 0 Å². The zero-order chi connectivity index (χ0) is 13.2. The van der Waals surface area contributed by atoms with Gasteiger partial charge in [0.2, 0.25) is 0 Å². The minimum absolute atomic E-state index is 0.981. The lowest BCUT2D eigenvalue weighted by Crippen LogP contribution is -2.18. The van der Waals surface area contributed by atoms with Crippen molar-refractivity contribution in [2.75, 3.05) is 25.5 Å². The number of rotatable bonds is 3. The van der Waals surface area contributed by atoms with Crippen LogP contribution in [0, 0.1) is 0 Å². The van der Waals surface area contributed by atoms with Gasteiger partial charge in [-0.05, 0) is 43.8 Å². The number of anilines is 2. The van der Waals surface area contributed by atoms with E-state index < -0.39 is 0 Å². The maximum atomic E-state index is 2.45. The van der Waals surface area contributed by atoms with Crippen LogP contribution >= 0.6 is 0 Å². The Morgan fingerprint density at radius 1 is 0.947 bits per heavy atom. The van der Waals surface area contributed by atoms with Crippen molar-refractivity contribution >= 4 is 11.4 Å². The highest BCUT2D eigenvalue weighted by atomic mass is 15.2.